The first-order valence-corrected chi connectivity index (χ1v) is 13.2. The van der Waals surface area contributed by atoms with Crippen LogP contribution in [0.3, 0.4) is 0 Å². The normalized spacial score (nSPS) is 26.1. The SMILES string of the molecule is C=CCOC(=O)[C@H]1[C@@H](C(=O)N(C)c2cc(Cl)cc(Cl)c2)[C@H]2CCCN2C12C(=O)Nc1c(Cl)cc(Cl)cc12. The average Bonchev–Trinajstić information content (AvgIpc) is 3.50. The fraction of sp³-hybridized carbons (Fsp3) is 0.346. The third-order valence-electron chi connectivity index (χ3n) is 7.47. The minimum Gasteiger partial charge on any atom is -0.461 e. The molecule has 2 aromatic carbocycles. The number of benzene rings is 2. The fourth-order valence-electron chi connectivity index (χ4n) is 6.13. The monoisotopic (exact) mass is 581 g/mol. The smallest absolute Gasteiger partial charge is 0.312 e. The van der Waals surface area contributed by atoms with E-state index in [4.69, 9.17) is 51.1 Å². The van der Waals surface area contributed by atoms with Crippen molar-refractivity contribution in [3.8, 4) is 0 Å². The molecule has 2 amide bonds. The lowest BCUT2D eigenvalue weighted by Crippen LogP contribution is -2.53. The Bertz CT molecular complexity index is 1310. The molecule has 3 heterocycles. The van der Waals surface area contributed by atoms with Crippen LogP contribution in [0.4, 0.5) is 11.4 Å². The number of anilines is 2. The summed E-state index contributed by atoms with van der Waals surface area (Å²) >= 11 is 25.2. The largest absolute Gasteiger partial charge is 0.461 e. The number of hydrogen-bond acceptors (Lipinski definition) is 5. The number of fused-ring (bicyclic) bond motifs is 4. The first-order valence-electron chi connectivity index (χ1n) is 11.7. The molecule has 0 radical (unpaired) electrons. The Morgan fingerprint density at radius 3 is 2.51 bits per heavy atom. The van der Waals surface area contributed by atoms with E-state index in [1.165, 1.54) is 17.0 Å². The third kappa shape index (κ3) is 4.03. The summed E-state index contributed by atoms with van der Waals surface area (Å²) in [5.41, 5.74) is -0.206. The van der Waals surface area contributed by atoms with Gasteiger partial charge in [-0.15, -0.1) is 0 Å². The van der Waals surface area contributed by atoms with E-state index in [0.717, 1.165) is 6.42 Å². The summed E-state index contributed by atoms with van der Waals surface area (Å²) in [5.74, 6) is -3.55. The van der Waals surface area contributed by atoms with Crippen LogP contribution in [0, 0.1) is 11.8 Å². The molecule has 2 fully saturated rings. The van der Waals surface area contributed by atoms with Gasteiger partial charge in [-0.05, 0) is 49.7 Å². The number of carbonyl (C=O) groups excluding carboxylic acids is 3. The Kier molecular flexibility index (Phi) is 6.96. The fourth-order valence-corrected chi connectivity index (χ4v) is 7.18. The van der Waals surface area contributed by atoms with E-state index < -0.39 is 35.3 Å². The van der Waals surface area contributed by atoms with E-state index in [-0.39, 0.29) is 17.5 Å². The van der Waals surface area contributed by atoms with Crippen LogP contribution in [-0.2, 0) is 24.7 Å². The molecule has 7 nitrogen and oxygen atoms in total. The van der Waals surface area contributed by atoms with Crippen LogP contribution in [0.2, 0.25) is 20.1 Å². The van der Waals surface area contributed by atoms with Gasteiger partial charge in [-0.2, -0.15) is 0 Å². The van der Waals surface area contributed by atoms with Gasteiger partial charge >= 0.3 is 5.97 Å². The molecule has 3 aliphatic rings. The second-order valence-corrected chi connectivity index (χ2v) is 11.1. The number of nitrogens with one attached hydrogen (secondary N) is 1. The second-order valence-electron chi connectivity index (χ2n) is 9.38. The maximum atomic E-state index is 14.2. The van der Waals surface area contributed by atoms with E-state index in [9.17, 15) is 14.4 Å². The topological polar surface area (TPSA) is 79.0 Å². The maximum absolute atomic E-state index is 14.2. The highest BCUT2D eigenvalue weighted by molar-refractivity contribution is 6.38. The Hall–Kier alpha value is -2.29. The Morgan fingerprint density at radius 1 is 1.16 bits per heavy atom. The molecule has 194 valence electrons. The van der Waals surface area contributed by atoms with Crippen molar-refractivity contribution in [1.29, 1.82) is 0 Å². The lowest BCUT2D eigenvalue weighted by molar-refractivity contribution is -0.157. The highest BCUT2D eigenvalue weighted by atomic mass is 35.5. The van der Waals surface area contributed by atoms with Crippen LogP contribution in [-0.4, -0.2) is 48.9 Å². The summed E-state index contributed by atoms with van der Waals surface area (Å²) in [4.78, 5) is 45.2. The molecule has 2 aromatic rings. The van der Waals surface area contributed by atoms with Crippen molar-refractivity contribution in [1.82, 2.24) is 4.90 Å². The van der Waals surface area contributed by atoms with Gasteiger partial charge in [0.05, 0.1) is 16.6 Å². The zero-order chi connectivity index (χ0) is 26.6. The van der Waals surface area contributed by atoms with Crippen LogP contribution < -0.4 is 10.2 Å². The molecule has 4 atom stereocenters. The van der Waals surface area contributed by atoms with Crippen molar-refractivity contribution in [3.05, 3.63) is 68.6 Å². The number of rotatable bonds is 5. The molecule has 0 bridgehead atoms. The van der Waals surface area contributed by atoms with E-state index in [1.54, 1.807) is 31.3 Å². The molecule has 37 heavy (non-hydrogen) atoms. The molecule has 11 heteroatoms. The zero-order valence-corrected chi connectivity index (χ0v) is 22.8. The number of esters is 1. The predicted octanol–water partition coefficient (Wildman–Crippen LogP) is 5.55. The van der Waals surface area contributed by atoms with Gasteiger partial charge in [0.25, 0.3) is 5.91 Å². The second kappa shape index (κ2) is 9.79. The van der Waals surface area contributed by atoms with Gasteiger partial charge < -0.3 is 15.0 Å². The summed E-state index contributed by atoms with van der Waals surface area (Å²) < 4.78 is 5.51. The lowest BCUT2D eigenvalue weighted by atomic mass is 9.73. The van der Waals surface area contributed by atoms with E-state index in [1.807, 2.05) is 4.90 Å². The molecule has 0 saturated carbocycles. The van der Waals surface area contributed by atoms with Crippen molar-refractivity contribution in [2.24, 2.45) is 11.8 Å². The Morgan fingerprint density at radius 2 is 1.84 bits per heavy atom. The van der Waals surface area contributed by atoms with Gasteiger partial charge in [0, 0.05) is 39.4 Å². The Balaban J connectivity index is 1.69. The molecule has 0 aliphatic carbocycles. The summed E-state index contributed by atoms with van der Waals surface area (Å²) in [6, 6.07) is 7.56. The predicted molar refractivity (Wildman–Crippen MR) is 145 cm³/mol. The highest BCUT2D eigenvalue weighted by Crippen LogP contribution is 2.59. The van der Waals surface area contributed by atoms with E-state index in [2.05, 4.69) is 11.9 Å². The number of amides is 2. The molecular weight excluding hydrogens is 560 g/mol. The van der Waals surface area contributed by atoms with Crippen LogP contribution in [0.1, 0.15) is 18.4 Å². The standard InChI is InChI=1S/C26H23Cl4N3O4/c1-3-7-37-24(35)21-20(23(34)32(2)16-9-13(27)8-14(28)10-16)19-5-4-6-33(19)26(21)17-11-15(29)12-18(30)22(17)31-25(26)36/h3,8-12,19-21H,1,4-7H2,2H3,(H,31,36)/t19-,20+,21-,26?/m1/s1. The number of nitrogens with zero attached hydrogens (tertiary/aromatic N) is 2. The van der Waals surface area contributed by atoms with Crippen molar-refractivity contribution in [2.75, 3.05) is 30.4 Å². The third-order valence-corrected chi connectivity index (χ3v) is 8.43. The quantitative estimate of drug-likeness (QED) is 0.369. The van der Waals surface area contributed by atoms with Gasteiger partial charge in [0.2, 0.25) is 5.91 Å². The molecule has 1 N–H and O–H groups in total. The van der Waals surface area contributed by atoms with Crippen molar-refractivity contribution >= 4 is 75.6 Å². The molecule has 0 aromatic heterocycles. The van der Waals surface area contributed by atoms with Crippen LogP contribution in [0.25, 0.3) is 0 Å². The number of ether oxygens (including phenoxy) is 1. The lowest BCUT2D eigenvalue weighted by Gasteiger charge is -2.36. The van der Waals surface area contributed by atoms with Crippen LogP contribution in [0.15, 0.2) is 43.0 Å². The summed E-state index contributed by atoms with van der Waals surface area (Å²) in [5, 5.41) is 4.15. The molecule has 1 spiro atoms. The zero-order valence-electron chi connectivity index (χ0n) is 19.8. The Labute approximate surface area is 234 Å². The number of hydrogen-bond donors (Lipinski definition) is 1. The van der Waals surface area contributed by atoms with Gasteiger partial charge in [0.1, 0.15) is 18.1 Å². The maximum Gasteiger partial charge on any atom is 0.312 e. The molecule has 5 rings (SSSR count). The highest BCUT2D eigenvalue weighted by Gasteiger charge is 2.71. The summed E-state index contributed by atoms with van der Waals surface area (Å²) in [6.07, 6.45) is 2.80. The minimum atomic E-state index is -1.52. The van der Waals surface area contributed by atoms with Crippen molar-refractivity contribution < 1.29 is 19.1 Å². The first-order chi connectivity index (χ1) is 17.6. The van der Waals surface area contributed by atoms with Crippen molar-refractivity contribution in [2.45, 2.75) is 24.4 Å². The summed E-state index contributed by atoms with van der Waals surface area (Å²) in [6.45, 7) is 4.05. The van der Waals surface area contributed by atoms with Gasteiger partial charge in [0.15, 0.2) is 0 Å². The number of halogens is 4. The molecule has 1 unspecified atom stereocenters. The molecule has 2 saturated heterocycles. The average molecular weight is 583 g/mol. The molecular formula is C26H23Cl4N3O4. The van der Waals surface area contributed by atoms with Gasteiger partial charge in [-0.3, -0.25) is 19.3 Å². The van der Waals surface area contributed by atoms with Gasteiger partial charge in [-0.25, -0.2) is 0 Å². The first kappa shape index (κ1) is 26.3. The summed E-state index contributed by atoms with van der Waals surface area (Å²) in [7, 11) is 1.59. The van der Waals surface area contributed by atoms with Crippen LogP contribution >= 0.6 is 46.4 Å². The van der Waals surface area contributed by atoms with Crippen LogP contribution in [0.5, 0.6) is 0 Å². The number of carbonyl (C=O) groups is 3. The van der Waals surface area contributed by atoms with Gasteiger partial charge in [-0.1, -0.05) is 59.1 Å². The minimum absolute atomic E-state index is 0.0679. The van der Waals surface area contributed by atoms with E-state index >= 15 is 0 Å². The van der Waals surface area contributed by atoms with Crippen molar-refractivity contribution in [3.63, 3.8) is 0 Å². The van der Waals surface area contributed by atoms with E-state index in [0.29, 0.717) is 45.0 Å². The molecule has 3 aliphatic heterocycles.